The Kier molecular flexibility index (Phi) is 5.37. The zero-order valence-corrected chi connectivity index (χ0v) is 21.4. The molecule has 4 aromatic rings. The van der Waals surface area contributed by atoms with Gasteiger partial charge in [-0.25, -0.2) is 4.39 Å². The number of fused-ring (bicyclic) bond motifs is 5. The minimum atomic E-state index is -1.85. The first-order valence-corrected chi connectivity index (χ1v) is 13.1. The maximum Gasteiger partial charge on any atom is 0.270 e. The Morgan fingerprint density at radius 3 is 2.22 bits per heavy atom. The summed E-state index contributed by atoms with van der Waals surface area (Å²) in [7, 11) is 0. The molecule has 0 unspecified atom stereocenters. The van der Waals surface area contributed by atoms with Crippen LogP contribution < -0.4 is 4.90 Å². The number of nitrogens with zero attached hydrogens (tertiary/aromatic N) is 2. The minimum absolute atomic E-state index is 0.0313. The minimum Gasteiger partial charge on any atom is -0.352 e. The summed E-state index contributed by atoms with van der Waals surface area (Å²) in [6.07, 6.45) is 3.57. The Hall–Kier alpha value is -5.24. The Bertz CT molecular complexity index is 1810. The third kappa shape index (κ3) is 3.27. The molecular weight excluding hydrogens is 523 g/mol. The summed E-state index contributed by atoms with van der Waals surface area (Å²) in [5.74, 6) is -3.38. The molecule has 0 saturated carbocycles. The van der Waals surface area contributed by atoms with Gasteiger partial charge in [0.1, 0.15) is 17.3 Å². The van der Waals surface area contributed by atoms with Crippen LogP contribution in [0.1, 0.15) is 48.1 Å². The first kappa shape index (κ1) is 24.8. The van der Waals surface area contributed by atoms with Gasteiger partial charge in [0.2, 0.25) is 0 Å². The number of nitro groups is 1. The van der Waals surface area contributed by atoms with Crippen molar-refractivity contribution in [3.05, 3.63) is 147 Å². The second kappa shape index (κ2) is 8.89. The molecule has 1 saturated heterocycles. The summed E-state index contributed by atoms with van der Waals surface area (Å²) in [6.45, 7) is 0. The lowest BCUT2D eigenvalue weighted by atomic mass is 9.64. The molecule has 1 aliphatic carbocycles. The second-order valence-electron chi connectivity index (χ2n) is 10.5. The molecule has 0 bridgehead atoms. The van der Waals surface area contributed by atoms with E-state index < -0.39 is 51.5 Å². The normalized spacial score (nSPS) is 21.5. The third-order valence-corrected chi connectivity index (χ3v) is 8.56. The lowest BCUT2D eigenvalue weighted by molar-refractivity contribution is -0.384. The van der Waals surface area contributed by atoms with Crippen molar-refractivity contribution in [2.45, 2.75) is 18.0 Å². The van der Waals surface area contributed by atoms with Crippen molar-refractivity contribution in [1.82, 2.24) is 0 Å². The summed E-state index contributed by atoms with van der Waals surface area (Å²) in [4.78, 5) is 56.4. The van der Waals surface area contributed by atoms with Crippen molar-refractivity contribution in [3.63, 3.8) is 0 Å². The van der Waals surface area contributed by atoms with Gasteiger partial charge in [-0.15, -0.1) is 0 Å². The predicted molar refractivity (Wildman–Crippen MR) is 150 cm³/mol. The van der Waals surface area contributed by atoms with Crippen LogP contribution in [-0.2, 0) is 0 Å². The molecule has 7 rings (SSSR count). The van der Waals surface area contributed by atoms with Gasteiger partial charge in [0.15, 0.2) is 17.3 Å². The van der Waals surface area contributed by atoms with Gasteiger partial charge in [-0.3, -0.25) is 24.5 Å². The van der Waals surface area contributed by atoms with E-state index in [0.29, 0.717) is 5.69 Å². The van der Waals surface area contributed by atoms with Gasteiger partial charge in [-0.05, 0) is 23.3 Å². The number of carbonyl (C=O) groups excluding carboxylic acids is 3. The molecule has 41 heavy (non-hydrogen) atoms. The van der Waals surface area contributed by atoms with Crippen LogP contribution in [-0.4, -0.2) is 34.4 Å². The van der Waals surface area contributed by atoms with Crippen molar-refractivity contribution in [2.24, 2.45) is 5.41 Å². The van der Waals surface area contributed by atoms with E-state index in [-0.39, 0.29) is 27.9 Å². The molecular formula is C33H21FN2O5. The Balaban J connectivity index is 1.55. The number of ketones is 3. The van der Waals surface area contributed by atoms with E-state index in [0.717, 1.165) is 5.56 Å². The van der Waals surface area contributed by atoms with E-state index in [4.69, 9.17) is 0 Å². The molecule has 3 aliphatic rings. The highest BCUT2D eigenvalue weighted by Crippen LogP contribution is 2.61. The highest BCUT2D eigenvalue weighted by atomic mass is 19.1. The van der Waals surface area contributed by atoms with Crippen LogP contribution >= 0.6 is 0 Å². The fourth-order valence-electron chi connectivity index (χ4n) is 6.93. The molecule has 2 aliphatic heterocycles. The molecule has 8 heteroatoms. The van der Waals surface area contributed by atoms with E-state index in [9.17, 15) is 24.5 Å². The molecule has 0 radical (unpaired) electrons. The van der Waals surface area contributed by atoms with Gasteiger partial charge in [-0.1, -0.05) is 84.9 Å². The van der Waals surface area contributed by atoms with Crippen LogP contribution in [0.2, 0.25) is 0 Å². The summed E-state index contributed by atoms with van der Waals surface area (Å²) in [6, 6.07) is 22.9. The molecule has 0 aromatic heterocycles. The SMILES string of the molecule is O=C(c1cccc([N+](=O)[O-])c1)[C@H]1[C@H](c2ccccc2F)C2(C(=O)c3ccccc3C2=O)[C@H]2C=Cc3ccccc3N12. The van der Waals surface area contributed by atoms with Crippen LogP contribution in [0.25, 0.3) is 6.08 Å². The summed E-state index contributed by atoms with van der Waals surface area (Å²) < 4.78 is 15.8. The van der Waals surface area contributed by atoms with Crippen LogP contribution in [0.3, 0.4) is 0 Å². The number of benzene rings is 4. The zero-order chi connectivity index (χ0) is 28.5. The summed E-state index contributed by atoms with van der Waals surface area (Å²) in [5.41, 5.74) is -0.198. The summed E-state index contributed by atoms with van der Waals surface area (Å²) >= 11 is 0. The van der Waals surface area contributed by atoms with Crippen molar-refractivity contribution < 1.29 is 23.7 Å². The maximum absolute atomic E-state index is 15.8. The second-order valence-corrected chi connectivity index (χ2v) is 10.5. The molecule has 0 amide bonds. The maximum atomic E-state index is 15.8. The van der Waals surface area contributed by atoms with Crippen LogP contribution in [0, 0.1) is 21.3 Å². The van der Waals surface area contributed by atoms with Crippen molar-refractivity contribution in [3.8, 4) is 0 Å². The standard InChI is InChI=1S/C33H21FN2O5/c34-25-14-5-4-13-24(25)28-29(30(37)20-9-7-10-21(18-20)36(40)41)35-26-15-6-1-8-19(26)16-17-27(35)33(28)31(38)22-11-2-3-12-23(22)32(33)39/h1-18,27-29H/t27-,28+,29-/m1/s1. The lowest BCUT2D eigenvalue weighted by Crippen LogP contribution is -2.48. The molecule has 1 spiro atoms. The molecule has 0 N–H and O–H groups in total. The Morgan fingerprint density at radius 2 is 1.51 bits per heavy atom. The van der Waals surface area contributed by atoms with Gasteiger partial charge in [0.05, 0.1) is 11.0 Å². The first-order valence-electron chi connectivity index (χ1n) is 13.1. The number of nitro benzene ring substituents is 1. The van der Waals surface area contributed by atoms with E-state index in [2.05, 4.69) is 0 Å². The van der Waals surface area contributed by atoms with Crippen LogP contribution in [0.15, 0.2) is 103 Å². The number of carbonyl (C=O) groups is 3. The number of non-ortho nitro benzene ring substituents is 1. The van der Waals surface area contributed by atoms with E-state index in [1.54, 1.807) is 53.4 Å². The van der Waals surface area contributed by atoms with Crippen molar-refractivity contribution in [2.75, 3.05) is 4.90 Å². The number of hydrogen-bond acceptors (Lipinski definition) is 6. The fourth-order valence-corrected chi connectivity index (χ4v) is 6.93. The van der Waals surface area contributed by atoms with Gasteiger partial charge < -0.3 is 4.90 Å². The average molecular weight is 545 g/mol. The predicted octanol–water partition coefficient (Wildman–Crippen LogP) is 6.05. The summed E-state index contributed by atoms with van der Waals surface area (Å²) in [5, 5.41) is 11.6. The largest absolute Gasteiger partial charge is 0.352 e. The molecule has 4 aromatic carbocycles. The van der Waals surface area contributed by atoms with Crippen molar-refractivity contribution in [1.29, 1.82) is 0 Å². The zero-order valence-electron chi connectivity index (χ0n) is 21.4. The molecule has 1 fully saturated rings. The Labute approximate surface area is 233 Å². The van der Waals surface area contributed by atoms with Gasteiger partial charge >= 0.3 is 0 Å². The van der Waals surface area contributed by atoms with E-state index >= 15 is 4.39 Å². The highest BCUT2D eigenvalue weighted by molar-refractivity contribution is 6.32. The molecule has 2 heterocycles. The topological polar surface area (TPSA) is 97.6 Å². The third-order valence-electron chi connectivity index (χ3n) is 8.56. The smallest absolute Gasteiger partial charge is 0.270 e. The van der Waals surface area contributed by atoms with Gasteiger partial charge in [-0.2, -0.15) is 0 Å². The molecule has 200 valence electrons. The van der Waals surface area contributed by atoms with E-state index in [1.807, 2.05) is 18.2 Å². The monoisotopic (exact) mass is 544 g/mol. The van der Waals surface area contributed by atoms with Crippen LogP contribution in [0.5, 0.6) is 0 Å². The fraction of sp³-hybridized carbons (Fsp3) is 0.121. The van der Waals surface area contributed by atoms with Crippen molar-refractivity contribution >= 4 is 34.8 Å². The average Bonchev–Trinajstić information content (AvgIpc) is 3.43. The number of halogens is 1. The lowest BCUT2D eigenvalue weighted by Gasteiger charge is -2.37. The molecule has 7 nitrogen and oxygen atoms in total. The van der Waals surface area contributed by atoms with Crippen LogP contribution in [0.4, 0.5) is 15.8 Å². The highest BCUT2D eigenvalue weighted by Gasteiger charge is 2.71. The number of rotatable bonds is 4. The number of hydrogen-bond donors (Lipinski definition) is 0. The number of anilines is 1. The van der Waals surface area contributed by atoms with Gasteiger partial charge in [0.25, 0.3) is 5.69 Å². The number of para-hydroxylation sites is 1. The first-order chi connectivity index (χ1) is 19.9. The quantitative estimate of drug-likeness (QED) is 0.134. The van der Waals surface area contributed by atoms with Gasteiger partial charge in [0, 0.05) is 40.4 Å². The number of Topliss-reactive ketones (excluding diaryl/α,β-unsaturated/α-hetero) is 3. The molecule has 3 atom stereocenters. The Morgan fingerprint density at radius 1 is 0.854 bits per heavy atom. The van der Waals surface area contributed by atoms with E-state index in [1.165, 1.54) is 42.5 Å².